The Morgan fingerprint density at radius 2 is 2.11 bits per heavy atom. The molecule has 1 rings (SSSR count). The second-order valence-corrected chi connectivity index (χ2v) is 3.60. The van der Waals surface area contributed by atoms with Gasteiger partial charge in [0.1, 0.15) is 6.10 Å². The number of hydrogen-bond donors (Lipinski definition) is 1. The van der Waals surface area contributed by atoms with E-state index in [-0.39, 0.29) is 12.3 Å². The van der Waals surface area contributed by atoms with Crippen LogP contribution in [0.1, 0.15) is 12.5 Å². The van der Waals surface area contributed by atoms with Crippen LogP contribution in [0.3, 0.4) is 0 Å². The summed E-state index contributed by atoms with van der Waals surface area (Å²) in [6.07, 6.45) is -5.16. The van der Waals surface area contributed by atoms with Crippen molar-refractivity contribution in [2.24, 2.45) is 5.73 Å². The first-order valence-electron chi connectivity index (χ1n) is 4.98. The van der Waals surface area contributed by atoms with E-state index in [0.717, 1.165) is 12.1 Å². The van der Waals surface area contributed by atoms with Gasteiger partial charge in [-0.25, -0.2) is 0 Å². The molecule has 0 aliphatic rings. The molecule has 5 nitrogen and oxygen atoms in total. The van der Waals surface area contributed by atoms with Crippen molar-refractivity contribution in [3.05, 3.63) is 33.9 Å². The minimum absolute atomic E-state index is 0.0954. The van der Waals surface area contributed by atoms with E-state index in [1.807, 2.05) is 0 Å². The zero-order chi connectivity index (χ0) is 13.9. The van der Waals surface area contributed by atoms with Gasteiger partial charge in [-0.3, -0.25) is 10.1 Å². The summed E-state index contributed by atoms with van der Waals surface area (Å²) in [5, 5.41) is 10.7. The van der Waals surface area contributed by atoms with Crippen molar-refractivity contribution in [3.8, 4) is 5.75 Å². The summed E-state index contributed by atoms with van der Waals surface area (Å²) in [4.78, 5) is 9.77. The van der Waals surface area contributed by atoms with Gasteiger partial charge in [-0.05, 0) is 19.1 Å². The lowest BCUT2D eigenvalue weighted by Crippen LogP contribution is -2.23. The molecule has 18 heavy (non-hydrogen) atoms. The molecule has 0 bridgehead atoms. The summed E-state index contributed by atoms with van der Waals surface area (Å²) in [6.45, 7) is 1.65. The molecule has 1 atom stereocenters. The van der Waals surface area contributed by atoms with Crippen molar-refractivity contribution in [1.82, 2.24) is 0 Å². The molecule has 0 amide bonds. The first-order chi connectivity index (χ1) is 8.25. The average molecular weight is 264 g/mol. The number of ether oxygens (including phenoxy) is 1. The van der Waals surface area contributed by atoms with Crippen LogP contribution in [0, 0.1) is 10.1 Å². The number of alkyl halides is 3. The van der Waals surface area contributed by atoms with Crippen LogP contribution >= 0.6 is 0 Å². The fourth-order valence-corrected chi connectivity index (χ4v) is 1.20. The Bertz CT molecular complexity index is 448. The van der Waals surface area contributed by atoms with Gasteiger partial charge in [0.25, 0.3) is 0 Å². The smallest absolute Gasteiger partial charge is 0.416 e. The van der Waals surface area contributed by atoms with Gasteiger partial charge in [0.15, 0.2) is 5.75 Å². The van der Waals surface area contributed by atoms with Crippen LogP contribution < -0.4 is 10.5 Å². The minimum Gasteiger partial charge on any atom is -0.482 e. The Kier molecular flexibility index (Phi) is 4.12. The molecule has 2 N–H and O–H groups in total. The molecular weight excluding hydrogens is 253 g/mol. The monoisotopic (exact) mass is 264 g/mol. The van der Waals surface area contributed by atoms with Crippen molar-refractivity contribution >= 4 is 5.69 Å². The van der Waals surface area contributed by atoms with Crippen LogP contribution in [-0.2, 0) is 6.18 Å². The Labute approximate surface area is 100 Å². The summed E-state index contributed by atoms with van der Waals surface area (Å²) in [5.74, 6) is -0.231. The number of nitro benzene ring substituents is 1. The van der Waals surface area contributed by atoms with E-state index in [1.54, 1.807) is 6.92 Å². The van der Waals surface area contributed by atoms with Gasteiger partial charge in [-0.1, -0.05) is 0 Å². The Morgan fingerprint density at radius 1 is 1.50 bits per heavy atom. The molecule has 0 aromatic heterocycles. The van der Waals surface area contributed by atoms with E-state index in [2.05, 4.69) is 0 Å². The second kappa shape index (κ2) is 5.21. The van der Waals surface area contributed by atoms with Crippen molar-refractivity contribution in [3.63, 3.8) is 0 Å². The molecule has 0 aliphatic heterocycles. The lowest BCUT2D eigenvalue weighted by atomic mass is 10.2. The molecule has 0 saturated heterocycles. The quantitative estimate of drug-likeness (QED) is 0.668. The number of benzene rings is 1. The highest BCUT2D eigenvalue weighted by Crippen LogP contribution is 2.36. The standard InChI is InChI=1S/C10H11F3N2O3/c1-6(5-14)18-9-3-2-7(10(11,12)13)4-8(9)15(16)17/h2-4,6H,5,14H2,1H3. The van der Waals surface area contributed by atoms with E-state index >= 15 is 0 Å². The first-order valence-corrected chi connectivity index (χ1v) is 4.98. The van der Waals surface area contributed by atoms with Gasteiger partial charge in [0, 0.05) is 12.6 Å². The van der Waals surface area contributed by atoms with Crippen LogP contribution in [-0.4, -0.2) is 17.6 Å². The molecule has 0 saturated carbocycles. The van der Waals surface area contributed by atoms with E-state index in [0.29, 0.717) is 6.07 Å². The van der Waals surface area contributed by atoms with Crippen molar-refractivity contribution in [1.29, 1.82) is 0 Å². The van der Waals surface area contributed by atoms with Crippen LogP contribution in [0.4, 0.5) is 18.9 Å². The third kappa shape index (κ3) is 3.33. The third-order valence-corrected chi connectivity index (χ3v) is 2.14. The Balaban J connectivity index is 3.17. The average Bonchev–Trinajstić information content (AvgIpc) is 2.27. The second-order valence-electron chi connectivity index (χ2n) is 3.60. The van der Waals surface area contributed by atoms with Gasteiger partial charge < -0.3 is 10.5 Å². The van der Waals surface area contributed by atoms with E-state index in [4.69, 9.17) is 10.5 Å². The van der Waals surface area contributed by atoms with Gasteiger partial charge in [0.05, 0.1) is 10.5 Å². The normalized spacial score (nSPS) is 13.2. The maximum atomic E-state index is 12.4. The summed E-state index contributed by atoms with van der Waals surface area (Å²) < 4.78 is 42.3. The maximum Gasteiger partial charge on any atom is 0.416 e. The highest BCUT2D eigenvalue weighted by Gasteiger charge is 2.33. The minimum atomic E-state index is -4.64. The largest absolute Gasteiger partial charge is 0.482 e. The SMILES string of the molecule is CC(CN)Oc1ccc(C(F)(F)F)cc1[N+](=O)[O-]. The number of nitrogens with zero attached hydrogens (tertiary/aromatic N) is 1. The van der Waals surface area contributed by atoms with Crippen molar-refractivity contribution in [2.45, 2.75) is 19.2 Å². The zero-order valence-electron chi connectivity index (χ0n) is 9.40. The summed E-state index contributed by atoms with van der Waals surface area (Å²) in [6, 6.07) is 2.09. The van der Waals surface area contributed by atoms with E-state index in [1.165, 1.54) is 0 Å². The number of hydrogen-bond acceptors (Lipinski definition) is 4. The summed E-state index contributed by atoms with van der Waals surface area (Å²) in [5.41, 5.74) is 3.44. The Morgan fingerprint density at radius 3 is 2.56 bits per heavy atom. The zero-order valence-corrected chi connectivity index (χ0v) is 9.40. The molecule has 0 aliphatic carbocycles. The summed E-state index contributed by atoms with van der Waals surface area (Å²) in [7, 11) is 0. The Hall–Kier alpha value is -1.83. The lowest BCUT2D eigenvalue weighted by Gasteiger charge is -2.13. The van der Waals surface area contributed by atoms with Gasteiger partial charge in [0.2, 0.25) is 0 Å². The predicted octanol–water partition coefficient (Wildman–Crippen LogP) is 2.34. The van der Waals surface area contributed by atoms with Gasteiger partial charge in [-0.15, -0.1) is 0 Å². The fourth-order valence-electron chi connectivity index (χ4n) is 1.20. The molecule has 0 spiro atoms. The fraction of sp³-hybridized carbons (Fsp3) is 0.400. The van der Waals surface area contributed by atoms with Crippen LogP contribution in [0.25, 0.3) is 0 Å². The predicted molar refractivity (Wildman–Crippen MR) is 57.2 cm³/mol. The topological polar surface area (TPSA) is 78.4 Å². The number of nitrogens with two attached hydrogens (primary N) is 1. The molecule has 1 unspecified atom stereocenters. The maximum absolute atomic E-state index is 12.4. The molecule has 8 heteroatoms. The molecule has 0 fully saturated rings. The van der Waals surface area contributed by atoms with E-state index < -0.39 is 28.5 Å². The van der Waals surface area contributed by atoms with Crippen molar-refractivity contribution in [2.75, 3.05) is 6.54 Å². The lowest BCUT2D eigenvalue weighted by molar-refractivity contribution is -0.386. The van der Waals surface area contributed by atoms with Crippen LogP contribution in [0.2, 0.25) is 0 Å². The number of rotatable bonds is 4. The molecular formula is C10H11F3N2O3. The van der Waals surface area contributed by atoms with E-state index in [9.17, 15) is 23.3 Å². The van der Waals surface area contributed by atoms with Gasteiger partial charge in [-0.2, -0.15) is 13.2 Å². The molecule has 0 radical (unpaired) electrons. The number of nitro groups is 1. The number of halogens is 3. The van der Waals surface area contributed by atoms with Gasteiger partial charge >= 0.3 is 11.9 Å². The molecule has 1 aromatic rings. The molecule has 1 aromatic carbocycles. The van der Waals surface area contributed by atoms with Crippen LogP contribution in [0.15, 0.2) is 18.2 Å². The molecule has 100 valence electrons. The van der Waals surface area contributed by atoms with Crippen molar-refractivity contribution < 1.29 is 22.8 Å². The third-order valence-electron chi connectivity index (χ3n) is 2.14. The highest BCUT2D eigenvalue weighted by atomic mass is 19.4. The summed E-state index contributed by atoms with van der Waals surface area (Å²) >= 11 is 0. The molecule has 0 heterocycles. The first kappa shape index (κ1) is 14.2. The van der Waals surface area contributed by atoms with Crippen LogP contribution in [0.5, 0.6) is 5.75 Å². The highest BCUT2D eigenvalue weighted by molar-refractivity contribution is 5.49.